The molecule has 0 spiro atoms. The minimum Gasteiger partial charge on any atom is -0.496 e. The molecule has 0 radical (unpaired) electrons. The van der Waals surface area contributed by atoms with Gasteiger partial charge in [0.25, 0.3) is 0 Å². The van der Waals surface area contributed by atoms with Crippen molar-refractivity contribution in [1.82, 2.24) is 0 Å². The van der Waals surface area contributed by atoms with E-state index in [-0.39, 0.29) is 0 Å². The highest BCUT2D eigenvalue weighted by atomic mass is 16.5. The molecule has 1 N–H and O–H groups in total. The van der Waals surface area contributed by atoms with E-state index in [1.807, 2.05) is 26.0 Å². The third-order valence-electron chi connectivity index (χ3n) is 2.23. The molecule has 0 saturated heterocycles. The van der Waals surface area contributed by atoms with Gasteiger partial charge in [0.2, 0.25) is 0 Å². The molecule has 0 saturated carbocycles. The van der Waals surface area contributed by atoms with Crippen molar-refractivity contribution in [3.05, 3.63) is 23.3 Å². The summed E-state index contributed by atoms with van der Waals surface area (Å²) in [5.41, 5.74) is 3.26. The first-order valence-electron chi connectivity index (χ1n) is 4.95. The van der Waals surface area contributed by atoms with Gasteiger partial charge in [0.15, 0.2) is 0 Å². The van der Waals surface area contributed by atoms with E-state index < -0.39 is 0 Å². The molecule has 80 valence electrons. The normalized spacial score (nSPS) is 9.47. The lowest BCUT2D eigenvalue weighted by atomic mass is 10.1. The highest BCUT2D eigenvalue weighted by Gasteiger charge is 2.04. The Hall–Kier alpha value is -1.69. The second-order valence-corrected chi connectivity index (χ2v) is 3.48. The van der Waals surface area contributed by atoms with Gasteiger partial charge < -0.3 is 10.1 Å². The van der Waals surface area contributed by atoms with Crippen LogP contribution >= 0.6 is 0 Å². The summed E-state index contributed by atoms with van der Waals surface area (Å²) >= 11 is 0. The van der Waals surface area contributed by atoms with Crippen LogP contribution in [0.15, 0.2) is 12.1 Å². The van der Waals surface area contributed by atoms with E-state index in [9.17, 15) is 0 Å². The topological polar surface area (TPSA) is 45.0 Å². The van der Waals surface area contributed by atoms with E-state index in [0.29, 0.717) is 13.0 Å². The number of benzene rings is 1. The van der Waals surface area contributed by atoms with Crippen LogP contribution in [0.4, 0.5) is 5.69 Å². The molecule has 0 unspecified atom stereocenters. The number of nitrogens with zero attached hydrogens (tertiary/aromatic N) is 1. The van der Waals surface area contributed by atoms with Crippen molar-refractivity contribution in [3.8, 4) is 11.8 Å². The fourth-order valence-electron chi connectivity index (χ4n) is 1.64. The van der Waals surface area contributed by atoms with Crippen LogP contribution in [0.5, 0.6) is 5.75 Å². The second-order valence-electron chi connectivity index (χ2n) is 3.48. The minimum atomic E-state index is 0.518. The van der Waals surface area contributed by atoms with Gasteiger partial charge in [-0.2, -0.15) is 5.26 Å². The average Bonchev–Trinajstić information content (AvgIpc) is 2.18. The van der Waals surface area contributed by atoms with Crippen LogP contribution in [-0.4, -0.2) is 13.7 Å². The summed E-state index contributed by atoms with van der Waals surface area (Å²) < 4.78 is 5.28. The number of nitrogens with one attached hydrogen (secondary N) is 1. The van der Waals surface area contributed by atoms with E-state index >= 15 is 0 Å². The van der Waals surface area contributed by atoms with Gasteiger partial charge in [-0.25, -0.2) is 0 Å². The zero-order valence-corrected chi connectivity index (χ0v) is 9.42. The fraction of sp³-hybridized carbons (Fsp3) is 0.417. The van der Waals surface area contributed by atoms with Gasteiger partial charge in [0.1, 0.15) is 5.75 Å². The fourth-order valence-corrected chi connectivity index (χ4v) is 1.64. The quantitative estimate of drug-likeness (QED) is 0.767. The Balaban J connectivity index is 2.80. The van der Waals surface area contributed by atoms with E-state index in [1.54, 1.807) is 7.11 Å². The largest absolute Gasteiger partial charge is 0.496 e. The summed E-state index contributed by atoms with van der Waals surface area (Å²) in [4.78, 5) is 0. The molecule has 0 bridgehead atoms. The van der Waals surface area contributed by atoms with Gasteiger partial charge in [-0.3, -0.25) is 0 Å². The summed E-state index contributed by atoms with van der Waals surface area (Å²) in [5, 5.41) is 11.6. The summed E-state index contributed by atoms with van der Waals surface area (Å²) in [7, 11) is 1.68. The summed E-state index contributed by atoms with van der Waals surface area (Å²) in [5.74, 6) is 0.931. The van der Waals surface area contributed by atoms with Gasteiger partial charge in [-0.1, -0.05) is 0 Å². The van der Waals surface area contributed by atoms with Crippen LogP contribution in [0.25, 0.3) is 0 Å². The summed E-state index contributed by atoms with van der Waals surface area (Å²) in [6.45, 7) is 4.71. The standard InChI is InChI=1S/C12H16N2O/c1-9-7-11(14-6-4-5-13)8-10(2)12(9)15-3/h7-8,14H,4,6H2,1-3H3. The van der Waals surface area contributed by atoms with Gasteiger partial charge in [0, 0.05) is 12.2 Å². The highest BCUT2D eigenvalue weighted by molar-refractivity contribution is 5.55. The molecule has 0 aliphatic carbocycles. The van der Waals surface area contributed by atoms with Crippen molar-refractivity contribution < 1.29 is 4.74 Å². The van der Waals surface area contributed by atoms with Crippen molar-refractivity contribution in [2.24, 2.45) is 0 Å². The number of rotatable bonds is 4. The molecule has 1 rings (SSSR count). The zero-order valence-electron chi connectivity index (χ0n) is 9.42. The molecule has 3 heteroatoms. The lowest BCUT2D eigenvalue weighted by molar-refractivity contribution is 0.408. The predicted molar refractivity (Wildman–Crippen MR) is 61.2 cm³/mol. The molecule has 0 aliphatic heterocycles. The van der Waals surface area contributed by atoms with E-state index in [1.165, 1.54) is 0 Å². The van der Waals surface area contributed by atoms with Crippen molar-refractivity contribution >= 4 is 5.69 Å². The van der Waals surface area contributed by atoms with Crippen LogP contribution in [0, 0.1) is 25.2 Å². The van der Waals surface area contributed by atoms with Crippen molar-refractivity contribution in [2.45, 2.75) is 20.3 Å². The van der Waals surface area contributed by atoms with Gasteiger partial charge in [-0.15, -0.1) is 0 Å². The first-order valence-corrected chi connectivity index (χ1v) is 4.95. The number of nitriles is 1. The van der Waals surface area contributed by atoms with Crippen LogP contribution in [0.2, 0.25) is 0 Å². The van der Waals surface area contributed by atoms with E-state index in [2.05, 4.69) is 11.4 Å². The Kier molecular flexibility index (Phi) is 3.99. The van der Waals surface area contributed by atoms with Gasteiger partial charge in [-0.05, 0) is 37.1 Å². The summed E-state index contributed by atoms with van der Waals surface area (Å²) in [6, 6.07) is 6.16. The van der Waals surface area contributed by atoms with Gasteiger partial charge in [0.05, 0.1) is 19.6 Å². The lowest BCUT2D eigenvalue weighted by Crippen LogP contribution is -2.01. The summed E-state index contributed by atoms with van der Waals surface area (Å²) in [6.07, 6.45) is 0.518. The third-order valence-corrected chi connectivity index (χ3v) is 2.23. The maximum atomic E-state index is 8.43. The molecule has 3 nitrogen and oxygen atoms in total. The molecular formula is C12H16N2O. The average molecular weight is 204 g/mol. The number of methoxy groups -OCH3 is 1. The highest BCUT2D eigenvalue weighted by Crippen LogP contribution is 2.26. The maximum absolute atomic E-state index is 8.43. The van der Waals surface area contributed by atoms with E-state index in [0.717, 1.165) is 22.6 Å². The van der Waals surface area contributed by atoms with Crippen LogP contribution in [-0.2, 0) is 0 Å². The smallest absolute Gasteiger partial charge is 0.124 e. The SMILES string of the molecule is COc1c(C)cc(NCCC#N)cc1C. The van der Waals surface area contributed by atoms with E-state index in [4.69, 9.17) is 10.00 Å². The van der Waals surface area contributed by atoms with Crippen LogP contribution < -0.4 is 10.1 Å². The molecule has 0 aromatic heterocycles. The Morgan fingerprint density at radius 1 is 1.33 bits per heavy atom. The molecule has 0 heterocycles. The Labute approximate surface area is 90.7 Å². The Morgan fingerprint density at radius 2 is 1.93 bits per heavy atom. The molecule has 15 heavy (non-hydrogen) atoms. The van der Waals surface area contributed by atoms with Crippen molar-refractivity contribution in [1.29, 1.82) is 5.26 Å². The monoisotopic (exact) mass is 204 g/mol. The first kappa shape index (κ1) is 11.4. The van der Waals surface area contributed by atoms with Crippen LogP contribution in [0.1, 0.15) is 17.5 Å². The molecule has 1 aromatic carbocycles. The molecule has 0 aliphatic rings. The maximum Gasteiger partial charge on any atom is 0.124 e. The predicted octanol–water partition coefficient (Wildman–Crippen LogP) is 2.64. The van der Waals surface area contributed by atoms with Gasteiger partial charge >= 0.3 is 0 Å². The number of hydrogen-bond acceptors (Lipinski definition) is 3. The Morgan fingerprint density at radius 3 is 2.40 bits per heavy atom. The Bertz CT molecular complexity index is 357. The molecule has 0 amide bonds. The van der Waals surface area contributed by atoms with Crippen molar-refractivity contribution in [3.63, 3.8) is 0 Å². The second kappa shape index (κ2) is 5.26. The third kappa shape index (κ3) is 2.88. The number of aryl methyl sites for hydroxylation is 2. The van der Waals surface area contributed by atoms with Crippen molar-refractivity contribution in [2.75, 3.05) is 19.0 Å². The zero-order chi connectivity index (χ0) is 11.3. The number of anilines is 1. The minimum absolute atomic E-state index is 0.518. The molecule has 0 atom stereocenters. The number of hydrogen-bond donors (Lipinski definition) is 1. The number of ether oxygens (including phenoxy) is 1. The molecular weight excluding hydrogens is 188 g/mol. The van der Waals surface area contributed by atoms with Crippen LogP contribution in [0.3, 0.4) is 0 Å². The first-order chi connectivity index (χ1) is 7.19. The molecule has 0 fully saturated rings. The lowest BCUT2D eigenvalue weighted by Gasteiger charge is -2.12. The molecule has 1 aromatic rings.